The number of cyclic esters (lactones) is 1. The Hall–Kier alpha value is -3.01. The van der Waals surface area contributed by atoms with Crippen molar-refractivity contribution in [1.29, 1.82) is 0 Å². The fraction of sp³-hybridized carbons (Fsp3) is 0.639. The number of Topliss-reactive ketones (excluding diaryl/α,β-unsaturated/α-hetero) is 1. The first-order valence-corrected chi connectivity index (χ1v) is 16.7. The van der Waals surface area contributed by atoms with E-state index in [1.54, 1.807) is 25.1 Å². The number of hydrogen-bond acceptors (Lipinski definition) is 8. The van der Waals surface area contributed by atoms with Crippen molar-refractivity contribution < 1.29 is 39.2 Å². The number of aliphatic hydroxyl groups is 2. The van der Waals surface area contributed by atoms with E-state index >= 15 is 0 Å². The number of allylic oxidation sites excluding steroid dienone is 3. The number of nitrogens with zero attached hydrogens (tertiary/aromatic N) is 1. The first-order valence-electron chi connectivity index (χ1n) is 16.7. The van der Waals surface area contributed by atoms with E-state index in [9.17, 15) is 29.7 Å². The van der Waals surface area contributed by atoms with Crippen molar-refractivity contribution in [3.8, 4) is 5.75 Å². The van der Waals surface area contributed by atoms with Crippen molar-refractivity contribution in [2.45, 2.75) is 116 Å². The molecule has 9 nitrogen and oxygen atoms in total. The summed E-state index contributed by atoms with van der Waals surface area (Å²) in [6, 6.07) is 6.04. The van der Waals surface area contributed by atoms with Crippen molar-refractivity contribution in [2.24, 2.45) is 23.7 Å². The van der Waals surface area contributed by atoms with Crippen molar-refractivity contribution in [3.63, 3.8) is 0 Å². The van der Waals surface area contributed by atoms with E-state index in [1.807, 2.05) is 51.1 Å². The summed E-state index contributed by atoms with van der Waals surface area (Å²) in [6.07, 6.45) is 10.6. The van der Waals surface area contributed by atoms with Crippen LogP contribution in [0.4, 0.5) is 0 Å². The average Bonchev–Trinajstić information content (AvgIpc) is 3.15. The van der Waals surface area contributed by atoms with Crippen molar-refractivity contribution in [2.75, 3.05) is 6.54 Å². The van der Waals surface area contributed by atoms with Gasteiger partial charge in [0.2, 0.25) is 5.78 Å². The summed E-state index contributed by atoms with van der Waals surface area (Å²) in [5.41, 5.74) is 0.914. The highest BCUT2D eigenvalue weighted by atomic mass is 16.6. The number of hydrogen-bond donors (Lipinski definition) is 3. The Balaban J connectivity index is 1.71. The van der Waals surface area contributed by atoms with E-state index in [1.165, 1.54) is 4.90 Å². The minimum atomic E-state index is -2.76. The Morgan fingerprint density at radius 3 is 2.56 bits per heavy atom. The molecule has 9 atom stereocenters. The summed E-state index contributed by atoms with van der Waals surface area (Å²) in [7, 11) is 0. The maximum Gasteiger partial charge on any atom is 0.329 e. The maximum atomic E-state index is 14.2. The van der Waals surface area contributed by atoms with Gasteiger partial charge in [-0.05, 0) is 87.5 Å². The van der Waals surface area contributed by atoms with E-state index in [4.69, 9.17) is 9.47 Å². The molecular formula is C36H51NO8. The minimum Gasteiger partial charge on any atom is -0.508 e. The summed E-state index contributed by atoms with van der Waals surface area (Å²) in [5, 5.41) is 33.1. The van der Waals surface area contributed by atoms with Gasteiger partial charge in [-0.15, -0.1) is 0 Å². The number of esters is 1. The fourth-order valence-electron chi connectivity index (χ4n) is 6.92. The molecule has 0 aliphatic carbocycles. The van der Waals surface area contributed by atoms with E-state index < -0.39 is 59.6 Å². The summed E-state index contributed by atoms with van der Waals surface area (Å²) in [4.78, 5) is 42.9. The van der Waals surface area contributed by atoms with Crippen LogP contribution < -0.4 is 0 Å². The van der Waals surface area contributed by atoms with Gasteiger partial charge in [-0.25, -0.2) is 4.79 Å². The fourth-order valence-corrected chi connectivity index (χ4v) is 6.92. The molecular weight excluding hydrogens is 574 g/mol. The molecule has 4 rings (SSSR count). The van der Waals surface area contributed by atoms with Gasteiger partial charge in [0.25, 0.3) is 5.91 Å². The highest BCUT2D eigenvalue weighted by Gasteiger charge is 2.55. The number of carbonyl (C=O) groups is 3. The number of ether oxygens (including phenoxy) is 2. The number of phenolic OH excluding ortho intramolecular Hbond substituents is 1. The van der Waals surface area contributed by atoms with Crippen LogP contribution in [-0.2, 0) is 30.3 Å². The predicted octanol–water partition coefficient (Wildman–Crippen LogP) is 4.87. The minimum absolute atomic E-state index is 0.108. The van der Waals surface area contributed by atoms with Crippen molar-refractivity contribution in [1.82, 2.24) is 4.90 Å². The van der Waals surface area contributed by atoms with Crippen LogP contribution in [0.15, 0.2) is 48.6 Å². The zero-order valence-corrected chi connectivity index (χ0v) is 27.1. The van der Waals surface area contributed by atoms with Crippen molar-refractivity contribution in [3.05, 3.63) is 54.1 Å². The van der Waals surface area contributed by atoms with Gasteiger partial charge < -0.3 is 29.7 Å². The lowest BCUT2D eigenvalue weighted by atomic mass is 9.85. The average molecular weight is 626 g/mol. The zero-order valence-electron chi connectivity index (χ0n) is 27.1. The molecule has 3 aliphatic heterocycles. The molecule has 0 radical (unpaired) electrons. The van der Waals surface area contributed by atoms with Crippen LogP contribution in [-0.4, -0.2) is 74.6 Å². The molecule has 1 amide bonds. The highest BCUT2D eigenvalue weighted by Crippen LogP contribution is 2.36. The second kappa shape index (κ2) is 15.5. The zero-order chi connectivity index (χ0) is 32.7. The third kappa shape index (κ3) is 8.23. The van der Waals surface area contributed by atoms with Crippen molar-refractivity contribution >= 4 is 17.7 Å². The monoisotopic (exact) mass is 625 g/mol. The van der Waals surface area contributed by atoms with E-state index in [0.717, 1.165) is 5.56 Å². The molecule has 248 valence electrons. The first-order chi connectivity index (χ1) is 21.5. The molecule has 2 bridgehead atoms. The maximum absolute atomic E-state index is 14.2. The number of carbonyl (C=O) groups excluding carboxylic acids is 3. The van der Waals surface area contributed by atoms with Crippen LogP contribution >= 0.6 is 0 Å². The van der Waals surface area contributed by atoms with Gasteiger partial charge in [-0.3, -0.25) is 9.59 Å². The van der Waals surface area contributed by atoms with Crippen LogP contribution in [0, 0.1) is 23.7 Å². The van der Waals surface area contributed by atoms with Gasteiger partial charge in [0, 0.05) is 24.3 Å². The molecule has 1 aromatic carbocycles. The van der Waals surface area contributed by atoms with Gasteiger partial charge in [0.05, 0.1) is 12.2 Å². The molecule has 2 saturated heterocycles. The quantitative estimate of drug-likeness (QED) is 0.245. The normalized spacial score (nSPS) is 36.1. The Morgan fingerprint density at radius 1 is 1.04 bits per heavy atom. The van der Waals surface area contributed by atoms with Crippen LogP contribution in [0.5, 0.6) is 5.75 Å². The molecule has 2 fully saturated rings. The van der Waals surface area contributed by atoms with E-state index in [2.05, 4.69) is 0 Å². The van der Waals surface area contributed by atoms with Gasteiger partial charge in [-0.2, -0.15) is 0 Å². The molecule has 0 saturated carbocycles. The number of piperidine rings is 1. The number of aliphatic hydroxyl groups excluding tert-OH is 1. The standard InChI is InChI=1S/C36H51NO8/c1-5-27(21-26-14-12-15-28(38)22-26)31-17-9-7-6-8-13-23(2)32(39)25(4)30-19-18-24(3)33(40)36(43,45-30)35(42)37-20-11-10-16-29(37)34(41)44-31/h6,8-9,12,14-15,17,22-25,27,29-32,38-39,43H,5,7,10-11,13,16,18-21H2,1-4H3/b8-6+,17-9+/t23-,24-,25+,27-,29+,30+,31+,32+,36-/m1/s1. The van der Waals surface area contributed by atoms with E-state index in [0.29, 0.717) is 57.8 Å². The lowest BCUT2D eigenvalue weighted by Crippen LogP contribution is -2.62. The summed E-state index contributed by atoms with van der Waals surface area (Å²) >= 11 is 0. The van der Waals surface area contributed by atoms with Gasteiger partial charge in [0.15, 0.2) is 0 Å². The van der Waals surface area contributed by atoms with Gasteiger partial charge >= 0.3 is 11.8 Å². The molecule has 45 heavy (non-hydrogen) atoms. The number of amides is 1. The second-order valence-electron chi connectivity index (χ2n) is 13.3. The molecule has 3 aliphatic rings. The SMILES string of the molecule is CC[C@H](Cc1cccc(O)c1)[C@@H]1/C=C/C/C=C/C[C@@H](C)[C@H](O)[C@@H](C)[C@@H]2CC[C@@H](C)C(=O)[C@@](O)(O2)C(=O)N2CCCC[C@H]2C(=O)O1. The second-order valence-corrected chi connectivity index (χ2v) is 13.3. The smallest absolute Gasteiger partial charge is 0.329 e. The number of ketones is 1. The molecule has 0 unspecified atom stereocenters. The highest BCUT2D eigenvalue weighted by molar-refractivity contribution is 6.09. The van der Waals surface area contributed by atoms with Gasteiger partial charge in [0.1, 0.15) is 17.9 Å². The molecule has 1 aromatic rings. The van der Waals surface area contributed by atoms with Crippen LogP contribution in [0.2, 0.25) is 0 Å². The number of aromatic hydroxyl groups is 1. The third-order valence-electron chi connectivity index (χ3n) is 9.94. The topological polar surface area (TPSA) is 134 Å². The summed E-state index contributed by atoms with van der Waals surface area (Å²) < 4.78 is 12.2. The predicted molar refractivity (Wildman–Crippen MR) is 170 cm³/mol. The first kappa shape index (κ1) is 34.9. The largest absolute Gasteiger partial charge is 0.508 e. The summed E-state index contributed by atoms with van der Waals surface area (Å²) in [5.74, 6) is -6.18. The number of fused-ring (bicyclic) bond motifs is 3. The lowest BCUT2D eigenvalue weighted by Gasteiger charge is -2.40. The Morgan fingerprint density at radius 2 is 1.82 bits per heavy atom. The molecule has 0 spiro atoms. The van der Waals surface area contributed by atoms with Crippen LogP contribution in [0.3, 0.4) is 0 Å². The van der Waals surface area contributed by atoms with Crippen LogP contribution in [0.1, 0.15) is 84.6 Å². The Kier molecular flexibility index (Phi) is 12.0. The lowest BCUT2D eigenvalue weighted by molar-refractivity contribution is -0.237. The third-order valence-corrected chi connectivity index (χ3v) is 9.94. The molecule has 3 heterocycles. The number of rotatable bonds is 4. The Bertz CT molecular complexity index is 1250. The molecule has 0 aromatic heterocycles. The number of benzene rings is 1. The number of phenols is 1. The molecule has 3 N–H and O–H groups in total. The summed E-state index contributed by atoms with van der Waals surface area (Å²) in [6.45, 7) is 7.64. The van der Waals surface area contributed by atoms with Gasteiger partial charge in [-0.1, -0.05) is 58.1 Å². The van der Waals surface area contributed by atoms with E-state index in [-0.39, 0.29) is 24.1 Å². The Labute approximate surface area is 267 Å². The molecule has 9 heteroatoms. The van der Waals surface area contributed by atoms with Crippen LogP contribution in [0.25, 0.3) is 0 Å².